The standard InChI is InChI=1S/2C22H21FN4O2.2C22H22N4O2/c1-12-10-17-18(11-13(12)2)27(20-19(24-17)21(28)26-22(29)25-20)8-4-5-15-6-7-16(23)14(3)9-15;1-12-6-7-15(11-16(12)23)5-4-8-27-18-10-14(3)13(2)9-17(18)24-19-20(27)25-22(29)26-21(19)28;1-13-6-4-7-16(10-13)8-5-9-26-18-12-15(3)14(2)11-17(18)23-19-20(26)24-22(28)25-21(19)27;1-13-6-8-16(9-7-13)5-4-10-26-18-12-15(3)14(2)11-17(18)23-19-20(26)24-22(28)25-21(19)27/h2*6-7,9-11H,4-5,8H2,1-3H3,(H,26,28,29);4,6-7,10-12H,5,8-9H2,1-3H3,(H,25,27,28);6-9,11-12H,4-5,10H2,1-3H3,(H,25,27,28). The summed E-state index contributed by atoms with van der Waals surface area (Å²) in [5.74, 6) is 0.799. The first-order chi connectivity index (χ1) is 54.5. The van der Waals surface area contributed by atoms with E-state index in [2.05, 4.69) is 134 Å². The van der Waals surface area contributed by atoms with Gasteiger partial charge in [0, 0.05) is 26.2 Å². The summed E-state index contributed by atoms with van der Waals surface area (Å²) in [5.41, 5.74) is 19.1. The largest absolute Gasteiger partial charge is 0.349 e. The van der Waals surface area contributed by atoms with Gasteiger partial charge in [-0.15, -0.1) is 0 Å². The summed E-state index contributed by atoms with van der Waals surface area (Å²) in [6, 6.07) is 43.2. The average Bonchev–Trinajstić information content (AvgIpc) is 0.773. The van der Waals surface area contributed by atoms with Crippen molar-refractivity contribution in [3.63, 3.8) is 0 Å². The Labute approximate surface area is 651 Å². The number of rotatable bonds is 16. The lowest BCUT2D eigenvalue weighted by Gasteiger charge is -2.18. The van der Waals surface area contributed by atoms with Gasteiger partial charge in [-0.2, -0.15) is 19.9 Å². The molecule has 26 heteroatoms. The van der Waals surface area contributed by atoms with Crippen LogP contribution in [0.2, 0.25) is 0 Å². The van der Waals surface area contributed by atoms with Gasteiger partial charge in [-0.05, 0) is 273 Å². The van der Waals surface area contributed by atoms with E-state index in [1.165, 1.54) is 28.3 Å². The van der Waals surface area contributed by atoms with Crippen LogP contribution in [0.25, 0.3) is 90.2 Å². The van der Waals surface area contributed by atoms with Crippen molar-refractivity contribution in [2.75, 3.05) is 0 Å². The summed E-state index contributed by atoms with van der Waals surface area (Å²) < 4.78 is 35.0. The van der Waals surface area contributed by atoms with Crippen molar-refractivity contribution in [2.45, 2.75) is 161 Å². The fourth-order valence-corrected chi connectivity index (χ4v) is 14.1. The van der Waals surface area contributed by atoms with Gasteiger partial charge in [0.05, 0.1) is 44.1 Å². The summed E-state index contributed by atoms with van der Waals surface area (Å²) in [7, 11) is 0. The van der Waals surface area contributed by atoms with Gasteiger partial charge in [0.2, 0.25) is 0 Å². The van der Waals surface area contributed by atoms with E-state index in [-0.39, 0.29) is 46.1 Å². The number of hydrogen-bond acceptors (Lipinski definition) is 16. The molecule has 4 N–H and O–H groups in total. The summed E-state index contributed by atoms with van der Waals surface area (Å²) in [4.78, 5) is 139. The molecule has 8 aromatic carbocycles. The van der Waals surface area contributed by atoms with Crippen LogP contribution in [0.3, 0.4) is 0 Å². The van der Waals surface area contributed by atoms with E-state index in [0.29, 0.717) is 72.8 Å². The van der Waals surface area contributed by atoms with E-state index in [1.807, 2.05) is 122 Å². The molecular weight excluding hydrogens is 1450 g/mol. The molecular formula is C88H86F2N16O8. The number of fused-ring (bicyclic) bond motifs is 8. The molecule has 0 saturated heterocycles. The molecule has 0 fully saturated rings. The molecule has 0 atom stereocenters. The maximum atomic E-state index is 13.8. The monoisotopic (exact) mass is 1530 g/mol. The zero-order valence-corrected chi connectivity index (χ0v) is 65.6. The molecule has 580 valence electrons. The smallest absolute Gasteiger partial charge is 0.322 e. The number of benzene rings is 8. The molecule has 0 radical (unpaired) electrons. The predicted molar refractivity (Wildman–Crippen MR) is 440 cm³/mol. The first-order valence-electron chi connectivity index (χ1n) is 37.8. The molecule has 0 spiro atoms. The lowest BCUT2D eigenvalue weighted by molar-refractivity contribution is 0.610. The van der Waals surface area contributed by atoms with Crippen LogP contribution in [0.1, 0.15) is 115 Å². The number of hydrogen-bond donors (Lipinski definition) is 4. The van der Waals surface area contributed by atoms with Crippen LogP contribution in [-0.2, 0) is 51.9 Å². The second-order valence-corrected chi connectivity index (χ2v) is 29.5. The van der Waals surface area contributed by atoms with Crippen LogP contribution in [0.5, 0.6) is 0 Å². The number of aromatic nitrogens is 16. The Morgan fingerprint density at radius 1 is 0.272 bits per heavy atom. The van der Waals surface area contributed by atoms with Crippen molar-refractivity contribution in [1.82, 2.24) is 78.1 Å². The average molecular weight is 1530 g/mol. The van der Waals surface area contributed by atoms with Gasteiger partial charge in [0.15, 0.2) is 46.1 Å². The maximum absolute atomic E-state index is 13.8. The van der Waals surface area contributed by atoms with E-state index in [1.54, 1.807) is 32.0 Å². The first kappa shape index (κ1) is 78.8. The number of halogens is 2. The van der Waals surface area contributed by atoms with Gasteiger partial charge in [0.25, 0.3) is 22.2 Å². The van der Waals surface area contributed by atoms with E-state index >= 15 is 0 Å². The summed E-state index contributed by atoms with van der Waals surface area (Å²) in [6.07, 6.45) is 6.34. The van der Waals surface area contributed by atoms with Crippen molar-refractivity contribution in [2.24, 2.45) is 0 Å². The SMILES string of the molecule is Cc1cc2nc3c(=O)[nH]c(=O)nc-3n(CCCc3ccc(C)c(F)c3)c2cc1C.Cc1cc2nc3c(=O)[nH]c(=O)nc-3n(CCCc3ccc(F)c(C)c3)c2cc1C.Cc1ccc(CCCn2c3nc(=O)[nH]c(=O)c-3nc3cc(C)c(C)cc32)cc1.Cc1cccc(CCCn2c3nc(=O)[nH]c(=O)c-3nc3cc(C)c(C)cc32)c1. The molecule has 0 aromatic heterocycles. The molecule has 0 unspecified atom stereocenters. The van der Waals surface area contributed by atoms with Crippen molar-refractivity contribution < 1.29 is 8.78 Å². The van der Waals surface area contributed by atoms with Gasteiger partial charge in [-0.3, -0.25) is 39.1 Å². The third kappa shape index (κ3) is 17.4. The molecule has 114 heavy (non-hydrogen) atoms. The summed E-state index contributed by atoms with van der Waals surface area (Å²) >= 11 is 0. The molecule has 0 aliphatic carbocycles. The van der Waals surface area contributed by atoms with Gasteiger partial charge < -0.3 is 18.3 Å². The van der Waals surface area contributed by atoms with E-state index in [0.717, 1.165) is 127 Å². The molecule has 16 rings (SSSR count). The Balaban J connectivity index is 0.000000133. The Kier molecular flexibility index (Phi) is 23.1. The van der Waals surface area contributed by atoms with E-state index in [4.69, 9.17) is 0 Å². The second-order valence-electron chi connectivity index (χ2n) is 29.5. The highest BCUT2D eigenvalue weighted by molar-refractivity contribution is 5.84. The van der Waals surface area contributed by atoms with Crippen LogP contribution in [0.15, 0.2) is 172 Å². The van der Waals surface area contributed by atoms with E-state index < -0.39 is 45.0 Å². The lowest BCUT2D eigenvalue weighted by atomic mass is 10.1. The molecule has 8 heterocycles. The fraction of sp³-hybridized carbons (Fsp3) is 0.273. The normalized spacial score (nSPS) is 11.4. The van der Waals surface area contributed by atoms with Crippen LogP contribution < -0.4 is 45.0 Å². The number of aromatic amines is 4. The summed E-state index contributed by atoms with van der Waals surface area (Å²) in [6.45, 7) is 26.1. The molecule has 24 nitrogen and oxygen atoms in total. The second kappa shape index (κ2) is 33.4. The van der Waals surface area contributed by atoms with Crippen molar-refractivity contribution in [1.29, 1.82) is 0 Å². The van der Waals surface area contributed by atoms with Crippen molar-refractivity contribution >= 4 is 44.1 Å². The fourth-order valence-electron chi connectivity index (χ4n) is 14.1. The minimum Gasteiger partial charge on any atom is -0.322 e. The Morgan fingerprint density at radius 3 is 0.895 bits per heavy atom. The van der Waals surface area contributed by atoms with Gasteiger partial charge >= 0.3 is 22.8 Å². The first-order valence-corrected chi connectivity index (χ1v) is 37.8. The Bertz CT molecular complexity index is 6590. The van der Waals surface area contributed by atoms with Gasteiger partial charge in [-0.1, -0.05) is 83.9 Å². The summed E-state index contributed by atoms with van der Waals surface area (Å²) in [5, 5.41) is 0. The number of aryl methyl sites for hydroxylation is 20. The molecule has 8 aliphatic heterocycles. The third-order valence-electron chi connectivity index (χ3n) is 20.9. The van der Waals surface area contributed by atoms with Crippen LogP contribution in [-0.4, -0.2) is 78.1 Å². The van der Waals surface area contributed by atoms with Crippen LogP contribution in [0.4, 0.5) is 8.78 Å². The maximum Gasteiger partial charge on any atom is 0.349 e. The van der Waals surface area contributed by atoms with Gasteiger partial charge in [-0.25, -0.2) is 47.9 Å². The van der Waals surface area contributed by atoms with E-state index in [9.17, 15) is 47.1 Å². The molecule has 8 aromatic rings. The quantitative estimate of drug-likeness (QED) is 0.0653. The minimum absolute atomic E-state index is 0.140. The van der Waals surface area contributed by atoms with Crippen LogP contribution in [0, 0.1) is 94.7 Å². The lowest BCUT2D eigenvalue weighted by Crippen LogP contribution is -2.29. The molecule has 0 saturated carbocycles. The third-order valence-corrected chi connectivity index (χ3v) is 20.9. The van der Waals surface area contributed by atoms with Crippen LogP contribution >= 0.6 is 0 Å². The van der Waals surface area contributed by atoms with Crippen molar-refractivity contribution in [3.8, 4) is 46.1 Å². The minimum atomic E-state index is -0.693. The predicted octanol–water partition coefficient (Wildman–Crippen LogP) is 12.8. The molecule has 0 amide bonds. The highest BCUT2D eigenvalue weighted by atomic mass is 19.1. The highest BCUT2D eigenvalue weighted by Crippen LogP contribution is 2.30. The zero-order chi connectivity index (χ0) is 81.1. The van der Waals surface area contributed by atoms with Crippen molar-refractivity contribution in [3.05, 3.63) is 317 Å². The topological polar surface area (TPSA) is 323 Å². The molecule has 8 aliphatic rings. The number of nitrogens with one attached hydrogen (secondary N) is 4. The Morgan fingerprint density at radius 2 is 0.570 bits per heavy atom. The van der Waals surface area contributed by atoms with Gasteiger partial charge in [0.1, 0.15) is 11.6 Å². The number of nitrogens with zero attached hydrogens (tertiary/aromatic N) is 12. The zero-order valence-electron chi connectivity index (χ0n) is 65.6. The Hall–Kier alpha value is -13.3. The number of H-pyrrole nitrogens is 4. The highest BCUT2D eigenvalue weighted by Gasteiger charge is 2.25. The molecule has 0 bridgehead atoms.